The standard InChI is InChI=1S/C36H60O30.C4H9/c37-1-7-25-13(43)19(49)31(55-7)62-26-8(2-38)57-33(21(51)15(26)45)64-28-10(4-40)59-35(23(53)17(28)47)66-30-12(6-42)60-36(24(54)18(30)48)65-29-11(5-41)58-34(22(52)16(29)46)63-27-9(3-39)56-32(61-25)20(50)14(27)44;1-3-4-2/h7-54H,1-6H2;1,3-4H2,2H3/t7-,8-,9-,10-,11-,12-,13-,14-,15-,16-,17-,18-,19-,20-,21-,22-,23-,24-,25-,26-,27-,28-,29-,30-,31-,32-,33-,34-,35-,36-;/m1./s1. The van der Waals surface area contributed by atoms with Crippen LogP contribution in [-0.4, -0.2) is 316 Å². The predicted molar refractivity (Wildman–Crippen MR) is 216 cm³/mol. The molecule has 12 bridgehead atoms. The first-order chi connectivity index (χ1) is 33.3. The largest absolute Gasteiger partial charge is 0.394 e. The molecule has 22 saturated heterocycles. The second-order valence-corrected chi connectivity index (χ2v) is 17.7. The van der Waals surface area contributed by atoms with Gasteiger partial charge in [0.25, 0.3) is 0 Å². The van der Waals surface area contributed by atoms with Crippen molar-refractivity contribution >= 4 is 0 Å². The summed E-state index contributed by atoms with van der Waals surface area (Å²) >= 11 is 0. The highest BCUT2D eigenvalue weighted by molar-refractivity contribution is 5.01. The lowest BCUT2D eigenvalue weighted by molar-refractivity contribution is -0.404. The van der Waals surface area contributed by atoms with Crippen LogP contribution in [0.25, 0.3) is 0 Å². The van der Waals surface area contributed by atoms with Crippen LogP contribution in [0.4, 0.5) is 0 Å². The van der Waals surface area contributed by atoms with E-state index in [9.17, 15) is 91.9 Å². The fraction of sp³-hybridized carbons (Fsp3) is 0.975. The Hall–Kier alpha value is -1.20. The van der Waals surface area contributed by atoms with E-state index in [1.165, 1.54) is 6.42 Å². The number of aliphatic hydroxyl groups excluding tert-OH is 18. The van der Waals surface area contributed by atoms with Gasteiger partial charge >= 0.3 is 0 Å². The molecular formula is C40H69O30. The summed E-state index contributed by atoms with van der Waals surface area (Å²) in [4.78, 5) is 0. The molecule has 0 amide bonds. The Labute approximate surface area is 399 Å². The molecule has 18 N–H and O–H groups in total. The fourth-order valence-corrected chi connectivity index (χ4v) is 8.93. The molecule has 0 unspecified atom stereocenters. The van der Waals surface area contributed by atoms with Crippen LogP contribution in [-0.2, 0) is 56.8 Å². The Morgan fingerprint density at radius 3 is 0.486 bits per heavy atom. The molecule has 30 heteroatoms. The van der Waals surface area contributed by atoms with Crippen LogP contribution in [0.1, 0.15) is 19.8 Å². The summed E-state index contributed by atoms with van der Waals surface area (Å²) in [5, 5.41) is 196. The summed E-state index contributed by atoms with van der Waals surface area (Å²) in [7, 11) is 0. The van der Waals surface area contributed by atoms with Gasteiger partial charge in [-0.15, -0.1) is 0 Å². The molecule has 70 heavy (non-hydrogen) atoms. The molecule has 0 aliphatic carbocycles. The van der Waals surface area contributed by atoms with Gasteiger partial charge in [-0.05, 0) is 0 Å². The Morgan fingerprint density at radius 1 is 0.257 bits per heavy atom. The fourth-order valence-electron chi connectivity index (χ4n) is 8.93. The molecule has 30 atom stereocenters. The number of rotatable bonds is 7. The van der Waals surface area contributed by atoms with E-state index in [0.717, 1.165) is 6.42 Å². The summed E-state index contributed by atoms with van der Waals surface area (Å²) in [6, 6.07) is 0. The summed E-state index contributed by atoms with van der Waals surface area (Å²) in [6.07, 6.45) is -56.2. The van der Waals surface area contributed by atoms with E-state index in [0.29, 0.717) is 0 Å². The van der Waals surface area contributed by atoms with E-state index in [1.54, 1.807) is 0 Å². The van der Waals surface area contributed by atoms with Crippen LogP contribution in [0.3, 0.4) is 0 Å². The Kier molecular flexibility index (Phi) is 21.2. The van der Waals surface area contributed by atoms with Crippen molar-refractivity contribution in [1.82, 2.24) is 0 Å². The summed E-state index contributed by atoms with van der Waals surface area (Å²) in [5.41, 5.74) is 0. The molecule has 1 radical (unpaired) electrons. The highest BCUT2D eigenvalue weighted by Gasteiger charge is 2.58. The third-order valence-corrected chi connectivity index (χ3v) is 13.0. The van der Waals surface area contributed by atoms with Gasteiger partial charge in [-0.3, -0.25) is 0 Å². The highest BCUT2D eigenvalue weighted by atomic mass is 16.8. The smallest absolute Gasteiger partial charge is 0.187 e. The van der Waals surface area contributed by atoms with Crippen LogP contribution in [0.2, 0.25) is 0 Å². The van der Waals surface area contributed by atoms with Crippen molar-refractivity contribution < 1.29 is 149 Å². The second kappa shape index (κ2) is 25.6. The maximum absolute atomic E-state index is 11.2. The lowest BCUT2D eigenvalue weighted by Crippen LogP contribution is -2.69. The van der Waals surface area contributed by atoms with E-state index < -0.39 is 224 Å². The Bertz CT molecular complexity index is 1270. The zero-order valence-electron chi connectivity index (χ0n) is 37.6. The molecule has 0 saturated carbocycles. The summed E-state index contributed by atoms with van der Waals surface area (Å²) < 4.78 is 67.9. The van der Waals surface area contributed by atoms with Gasteiger partial charge in [0.05, 0.1) is 39.6 Å². The molecule has 30 nitrogen and oxygen atoms in total. The maximum Gasteiger partial charge on any atom is 0.187 e. The minimum absolute atomic E-state index is 0.999. The van der Waals surface area contributed by atoms with Crippen LogP contribution >= 0.6 is 0 Å². The number of unbranched alkanes of at least 4 members (excludes halogenated alkanes) is 1. The van der Waals surface area contributed by atoms with Crippen LogP contribution in [0.15, 0.2) is 0 Å². The van der Waals surface area contributed by atoms with Crippen LogP contribution < -0.4 is 0 Å². The third-order valence-electron chi connectivity index (χ3n) is 13.0. The van der Waals surface area contributed by atoms with Gasteiger partial charge in [-0.25, -0.2) is 0 Å². The SMILES string of the molecule is OC[C@H]1O[C@@H]2O[C@H]3[C@H](O)[C@@H](O)[C@@H](O[C@H]4[C@H](O)[C@@H](O)[C@@H](O[C@H]5[C@H](O)[C@@H](O)[C@@H](O[C@H]6[C@H](O)[C@@H](O)[C@@H](O[C@H]7[C@H](O)[C@@H](O)[C@@H](O[C@H]1[C@H](O)[C@H]2O)O[C@@H]7CO)O[C@@H]6CO)O[C@@H]5CO)O[C@@H]4CO)O[C@@H]3CO.[CH2]CCC. The van der Waals surface area contributed by atoms with E-state index in [4.69, 9.17) is 56.8 Å². The van der Waals surface area contributed by atoms with Gasteiger partial charge < -0.3 is 149 Å². The number of ether oxygens (including phenoxy) is 12. The van der Waals surface area contributed by atoms with Gasteiger partial charge in [0.1, 0.15) is 146 Å². The first-order valence-electron chi connectivity index (χ1n) is 22.8. The molecule has 409 valence electrons. The average Bonchev–Trinajstić information content (AvgIpc) is 3.36. The highest BCUT2D eigenvalue weighted by Crippen LogP contribution is 2.38. The monoisotopic (exact) mass is 1030 g/mol. The molecule has 0 spiro atoms. The van der Waals surface area contributed by atoms with Crippen molar-refractivity contribution in [1.29, 1.82) is 0 Å². The average molecular weight is 1030 g/mol. The molecule has 22 rings (SSSR count). The molecular weight excluding hydrogens is 960 g/mol. The number of hydrogen-bond donors (Lipinski definition) is 18. The molecule has 0 aromatic carbocycles. The molecule has 22 aliphatic rings. The number of aliphatic hydroxyl groups is 18. The molecule has 0 aromatic rings. The predicted octanol–water partition coefficient (Wildman–Crippen LogP) is -11.4. The Morgan fingerprint density at radius 2 is 0.386 bits per heavy atom. The third kappa shape index (κ3) is 11.9. The van der Waals surface area contributed by atoms with Crippen LogP contribution in [0, 0.1) is 6.92 Å². The summed E-state index contributed by atoms with van der Waals surface area (Å²) in [5.74, 6) is 0. The minimum Gasteiger partial charge on any atom is -0.394 e. The van der Waals surface area contributed by atoms with E-state index in [2.05, 4.69) is 13.8 Å². The maximum atomic E-state index is 11.2. The second-order valence-electron chi connectivity index (χ2n) is 17.7. The first kappa shape index (κ1) is 58.1. The lowest BCUT2D eigenvalue weighted by atomic mass is 9.94. The summed E-state index contributed by atoms with van der Waals surface area (Å²) in [6.45, 7) is -0.271. The zero-order valence-corrected chi connectivity index (χ0v) is 37.6. The molecule has 22 aliphatic heterocycles. The van der Waals surface area contributed by atoms with Gasteiger partial charge in [0.2, 0.25) is 0 Å². The van der Waals surface area contributed by atoms with Crippen LogP contribution in [0.5, 0.6) is 0 Å². The van der Waals surface area contributed by atoms with Gasteiger partial charge in [-0.2, -0.15) is 0 Å². The van der Waals surface area contributed by atoms with Crippen molar-refractivity contribution in [2.45, 2.75) is 204 Å². The van der Waals surface area contributed by atoms with Crippen molar-refractivity contribution in [2.75, 3.05) is 39.6 Å². The van der Waals surface area contributed by atoms with Gasteiger partial charge in [0.15, 0.2) is 37.7 Å². The zero-order chi connectivity index (χ0) is 51.5. The van der Waals surface area contributed by atoms with Crippen molar-refractivity contribution in [3.05, 3.63) is 6.92 Å². The lowest BCUT2D eigenvalue weighted by Gasteiger charge is -2.50. The molecule has 22 heterocycles. The van der Waals surface area contributed by atoms with E-state index in [1.807, 2.05) is 0 Å². The normalized spacial score (nSPS) is 52.6. The molecule has 22 fully saturated rings. The number of hydrogen-bond acceptors (Lipinski definition) is 30. The van der Waals surface area contributed by atoms with Crippen molar-refractivity contribution in [2.24, 2.45) is 0 Å². The van der Waals surface area contributed by atoms with Crippen molar-refractivity contribution in [3.63, 3.8) is 0 Å². The van der Waals surface area contributed by atoms with E-state index >= 15 is 0 Å². The van der Waals surface area contributed by atoms with Gasteiger partial charge in [-0.1, -0.05) is 26.7 Å². The van der Waals surface area contributed by atoms with Crippen molar-refractivity contribution in [3.8, 4) is 0 Å². The minimum atomic E-state index is -2.15. The first-order valence-corrected chi connectivity index (χ1v) is 22.8. The topological polar surface area (TPSA) is 475 Å². The quantitative estimate of drug-likeness (QED) is 0.113. The van der Waals surface area contributed by atoms with Gasteiger partial charge in [0, 0.05) is 0 Å². The Balaban J connectivity index is 0.00000193. The van der Waals surface area contributed by atoms with E-state index in [-0.39, 0.29) is 0 Å². The molecule has 0 aromatic heterocycles.